The number of halogens is 2. The molecular formula is C21H19BrFNO. The Hall–Kier alpha value is -2.33. The lowest BCUT2D eigenvalue weighted by Crippen LogP contribution is -2.00. The van der Waals surface area contributed by atoms with Crippen LogP contribution in [0.15, 0.2) is 71.2 Å². The molecule has 0 fully saturated rings. The van der Waals surface area contributed by atoms with Gasteiger partial charge < -0.3 is 10.1 Å². The molecule has 0 aromatic heterocycles. The predicted octanol–water partition coefficient (Wildman–Crippen LogP) is 6.09. The number of rotatable bonds is 6. The molecule has 3 aromatic carbocycles. The molecule has 0 unspecified atom stereocenters. The molecule has 128 valence electrons. The number of benzene rings is 3. The molecule has 0 aliphatic rings. The summed E-state index contributed by atoms with van der Waals surface area (Å²) in [4.78, 5) is 0. The van der Waals surface area contributed by atoms with Crippen LogP contribution in [0, 0.1) is 12.7 Å². The molecule has 1 N–H and O–H groups in total. The summed E-state index contributed by atoms with van der Waals surface area (Å²) in [6, 6.07) is 20.7. The van der Waals surface area contributed by atoms with E-state index in [1.807, 2.05) is 18.2 Å². The van der Waals surface area contributed by atoms with Gasteiger partial charge in [0.15, 0.2) is 0 Å². The van der Waals surface area contributed by atoms with Crippen molar-refractivity contribution in [2.75, 3.05) is 5.32 Å². The zero-order valence-electron chi connectivity index (χ0n) is 13.9. The molecular weight excluding hydrogens is 381 g/mol. The highest BCUT2D eigenvalue weighted by molar-refractivity contribution is 9.10. The van der Waals surface area contributed by atoms with Gasteiger partial charge in [-0.15, -0.1) is 0 Å². The van der Waals surface area contributed by atoms with E-state index in [-0.39, 0.29) is 5.82 Å². The third-order valence-electron chi connectivity index (χ3n) is 3.85. The zero-order chi connectivity index (χ0) is 17.6. The van der Waals surface area contributed by atoms with Crippen molar-refractivity contribution in [2.45, 2.75) is 20.1 Å². The van der Waals surface area contributed by atoms with Gasteiger partial charge in [-0.2, -0.15) is 0 Å². The van der Waals surface area contributed by atoms with Crippen LogP contribution < -0.4 is 10.1 Å². The van der Waals surface area contributed by atoms with E-state index in [2.05, 4.69) is 52.4 Å². The Morgan fingerprint density at radius 1 is 0.920 bits per heavy atom. The van der Waals surface area contributed by atoms with Crippen LogP contribution in [0.2, 0.25) is 0 Å². The Bertz CT molecular complexity index is 832. The predicted molar refractivity (Wildman–Crippen MR) is 103 cm³/mol. The molecule has 0 heterocycles. The summed E-state index contributed by atoms with van der Waals surface area (Å²) in [6.45, 7) is 3.26. The summed E-state index contributed by atoms with van der Waals surface area (Å²) in [7, 11) is 0. The van der Waals surface area contributed by atoms with Gasteiger partial charge in [0.05, 0.1) is 4.47 Å². The molecule has 3 rings (SSSR count). The number of anilines is 1. The highest BCUT2D eigenvalue weighted by Crippen LogP contribution is 2.27. The van der Waals surface area contributed by atoms with Crippen LogP contribution in [0.4, 0.5) is 10.1 Å². The SMILES string of the molecule is Cc1ccc(COc2ccc(CNc3ccc(F)cc3)cc2Br)cc1. The maximum atomic E-state index is 12.9. The second-order valence-electron chi connectivity index (χ2n) is 5.90. The third kappa shape index (κ3) is 5.07. The van der Waals surface area contributed by atoms with Crippen molar-refractivity contribution >= 4 is 21.6 Å². The van der Waals surface area contributed by atoms with E-state index in [1.54, 1.807) is 12.1 Å². The Labute approximate surface area is 155 Å². The Morgan fingerprint density at radius 3 is 2.28 bits per heavy atom. The molecule has 0 atom stereocenters. The second-order valence-corrected chi connectivity index (χ2v) is 6.75. The number of aryl methyl sites for hydroxylation is 1. The van der Waals surface area contributed by atoms with E-state index in [0.29, 0.717) is 13.2 Å². The first-order valence-corrected chi connectivity index (χ1v) is 8.86. The van der Waals surface area contributed by atoms with Crippen LogP contribution >= 0.6 is 15.9 Å². The van der Waals surface area contributed by atoms with Gasteiger partial charge >= 0.3 is 0 Å². The minimum absolute atomic E-state index is 0.233. The van der Waals surface area contributed by atoms with Crippen LogP contribution in [-0.2, 0) is 13.2 Å². The molecule has 0 saturated heterocycles. The number of ether oxygens (including phenoxy) is 1. The maximum absolute atomic E-state index is 12.9. The molecule has 0 spiro atoms. The molecule has 3 aromatic rings. The van der Waals surface area contributed by atoms with Crippen LogP contribution in [0.25, 0.3) is 0 Å². The Morgan fingerprint density at radius 2 is 1.60 bits per heavy atom. The van der Waals surface area contributed by atoms with Gasteiger partial charge in [-0.1, -0.05) is 35.9 Å². The van der Waals surface area contributed by atoms with Crippen LogP contribution in [0.1, 0.15) is 16.7 Å². The molecule has 2 nitrogen and oxygen atoms in total. The average Bonchev–Trinajstić information content (AvgIpc) is 2.62. The monoisotopic (exact) mass is 399 g/mol. The smallest absolute Gasteiger partial charge is 0.134 e. The van der Waals surface area contributed by atoms with Crippen molar-refractivity contribution < 1.29 is 9.13 Å². The van der Waals surface area contributed by atoms with E-state index in [9.17, 15) is 4.39 Å². The fourth-order valence-corrected chi connectivity index (χ4v) is 2.93. The van der Waals surface area contributed by atoms with Crippen molar-refractivity contribution in [1.29, 1.82) is 0 Å². The van der Waals surface area contributed by atoms with Gasteiger partial charge in [0.1, 0.15) is 18.2 Å². The Kier molecular flexibility index (Phi) is 5.71. The molecule has 0 saturated carbocycles. The van der Waals surface area contributed by atoms with Crippen molar-refractivity contribution in [3.63, 3.8) is 0 Å². The lowest BCUT2D eigenvalue weighted by molar-refractivity contribution is 0.304. The van der Waals surface area contributed by atoms with E-state index in [1.165, 1.54) is 17.7 Å². The lowest BCUT2D eigenvalue weighted by Gasteiger charge is -2.11. The van der Waals surface area contributed by atoms with E-state index in [4.69, 9.17) is 4.74 Å². The summed E-state index contributed by atoms with van der Waals surface area (Å²) in [6.07, 6.45) is 0. The first-order chi connectivity index (χ1) is 12.1. The molecule has 4 heteroatoms. The average molecular weight is 400 g/mol. The molecule has 0 amide bonds. The highest BCUT2D eigenvalue weighted by atomic mass is 79.9. The molecule has 25 heavy (non-hydrogen) atoms. The fraction of sp³-hybridized carbons (Fsp3) is 0.143. The number of nitrogens with one attached hydrogen (secondary N) is 1. The first kappa shape index (κ1) is 17.5. The van der Waals surface area contributed by atoms with Crippen molar-refractivity contribution in [2.24, 2.45) is 0 Å². The van der Waals surface area contributed by atoms with Crippen LogP contribution in [0.5, 0.6) is 5.75 Å². The van der Waals surface area contributed by atoms with E-state index in [0.717, 1.165) is 27.0 Å². The summed E-state index contributed by atoms with van der Waals surface area (Å²) < 4.78 is 19.7. The minimum Gasteiger partial charge on any atom is -0.488 e. The van der Waals surface area contributed by atoms with Crippen molar-refractivity contribution in [1.82, 2.24) is 0 Å². The summed E-state index contributed by atoms with van der Waals surface area (Å²) >= 11 is 3.57. The van der Waals surface area contributed by atoms with E-state index >= 15 is 0 Å². The third-order valence-corrected chi connectivity index (χ3v) is 4.47. The largest absolute Gasteiger partial charge is 0.488 e. The lowest BCUT2D eigenvalue weighted by atomic mass is 10.2. The van der Waals surface area contributed by atoms with Gasteiger partial charge in [0.2, 0.25) is 0 Å². The topological polar surface area (TPSA) is 21.3 Å². The highest BCUT2D eigenvalue weighted by Gasteiger charge is 2.04. The Balaban J connectivity index is 1.58. The zero-order valence-corrected chi connectivity index (χ0v) is 15.5. The van der Waals surface area contributed by atoms with E-state index < -0.39 is 0 Å². The minimum atomic E-state index is -0.233. The fourth-order valence-electron chi connectivity index (χ4n) is 2.39. The maximum Gasteiger partial charge on any atom is 0.134 e. The van der Waals surface area contributed by atoms with Crippen LogP contribution in [-0.4, -0.2) is 0 Å². The first-order valence-electron chi connectivity index (χ1n) is 8.06. The van der Waals surface area contributed by atoms with Crippen molar-refractivity contribution in [3.05, 3.63) is 93.7 Å². The second kappa shape index (κ2) is 8.17. The quantitative estimate of drug-likeness (QED) is 0.541. The molecule has 0 bridgehead atoms. The summed E-state index contributed by atoms with van der Waals surface area (Å²) in [5, 5.41) is 3.27. The molecule has 0 radical (unpaired) electrons. The van der Waals surface area contributed by atoms with Crippen LogP contribution in [0.3, 0.4) is 0 Å². The normalized spacial score (nSPS) is 10.5. The number of hydrogen-bond acceptors (Lipinski definition) is 2. The number of hydrogen-bond donors (Lipinski definition) is 1. The standard InChI is InChI=1S/C21H19BrFNO/c1-15-2-4-16(5-3-15)14-25-21-11-6-17(12-20(21)22)13-24-19-9-7-18(23)8-10-19/h2-12,24H,13-14H2,1H3. The molecule has 0 aliphatic heterocycles. The summed E-state index contributed by atoms with van der Waals surface area (Å²) in [5.41, 5.74) is 4.37. The van der Waals surface area contributed by atoms with Crippen molar-refractivity contribution in [3.8, 4) is 5.75 Å². The van der Waals surface area contributed by atoms with Gasteiger partial charge in [0.25, 0.3) is 0 Å². The van der Waals surface area contributed by atoms with Gasteiger partial charge in [-0.05, 0) is 70.4 Å². The van der Waals surface area contributed by atoms with Gasteiger partial charge in [-0.3, -0.25) is 0 Å². The molecule has 0 aliphatic carbocycles. The summed E-state index contributed by atoms with van der Waals surface area (Å²) in [5.74, 6) is 0.578. The van der Waals surface area contributed by atoms with Gasteiger partial charge in [-0.25, -0.2) is 4.39 Å². The van der Waals surface area contributed by atoms with Gasteiger partial charge in [0, 0.05) is 12.2 Å².